The lowest BCUT2D eigenvalue weighted by molar-refractivity contribution is -0.113. The van der Waals surface area contributed by atoms with E-state index in [1.54, 1.807) is 6.08 Å². The quantitative estimate of drug-likeness (QED) is 0.566. The zero-order chi connectivity index (χ0) is 13.7. The number of hydrogen-bond donors (Lipinski definition) is 0. The van der Waals surface area contributed by atoms with Crippen LogP contribution in [0.2, 0.25) is 0 Å². The van der Waals surface area contributed by atoms with Crippen LogP contribution in [0.3, 0.4) is 0 Å². The maximum atomic E-state index is 12.9. The van der Waals surface area contributed by atoms with Crippen molar-refractivity contribution in [2.45, 2.75) is 13.8 Å². The van der Waals surface area contributed by atoms with Gasteiger partial charge in [-0.2, -0.15) is 0 Å². The van der Waals surface area contributed by atoms with E-state index >= 15 is 0 Å². The zero-order valence-corrected chi connectivity index (χ0v) is 11.4. The number of hydrogen-bond acceptors (Lipinski definition) is 3. The summed E-state index contributed by atoms with van der Waals surface area (Å²) >= 11 is 0. The molecule has 0 unspecified atom stereocenters. The van der Waals surface area contributed by atoms with Crippen LogP contribution in [0.1, 0.15) is 13.8 Å². The molecule has 0 spiro atoms. The van der Waals surface area contributed by atoms with E-state index in [-0.39, 0.29) is 11.6 Å². The van der Waals surface area contributed by atoms with Gasteiger partial charge in [0.05, 0.1) is 5.83 Å². The summed E-state index contributed by atoms with van der Waals surface area (Å²) in [6, 6.07) is 0. The molecule has 1 fully saturated rings. The zero-order valence-electron chi connectivity index (χ0n) is 11.4. The topological polar surface area (TPSA) is 23.6 Å². The van der Waals surface area contributed by atoms with Crippen molar-refractivity contribution < 1.29 is 9.18 Å². The normalized spacial score (nSPS) is 19.0. The molecular weight excluding hydrogens is 231 g/mol. The van der Waals surface area contributed by atoms with E-state index in [0.717, 1.165) is 31.9 Å². The van der Waals surface area contributed by atoms with E-state index in [9.17, 15) is 9.18 Å². The number of likely N-dealkylation sites (N-methyl/N-ethyl adjacent to an activating group) is 1. The first-order valence-corrected chi connectivity index (χ1v) is 6.09. The molecule has 1 aliphatic rings. The molecule has 1 rings (SSSR count). The summed E-state index contributed by atoms with van der Waals surface area (Å²) in [5.74, 6) is -0.523. The van der Waals surface area contributed by atoms with Crippen molar-refractivity contribution >= 4 is 5.78 Å². The summed E-state index contributed by atoms with van der Waals surface area (Å²) in [7, 11) is 2.08. The Hall–Kier alpha value is -1.42. The van der Waals surface area contributed by atoms with Crippen LogP contribution in [-0.2, 0) is 4.79 Å². The van der Waals surface area contributed by atoms with Crippen molar-refractivity contribution in [1.29, 1.82) is 0 Å². The van der Waals surface area contributed by atoms with Crippen LogP contribution in [-0.4, -0.2) is 48.8 Å². The van der Waals surface area contributed by atoms with Crippen LogP contribution in [0.15, 0.2) is 35.8 Å². The van der Waals surface area contributed by atoms with E-state index < -0.39 is 0 Å². The van der Waals surface area contributed by atoms with E-state index in [4.69, 9.17) is 0 Å². The molecule has 3 nitrogen and oxygen atoms in total. The minimum atomic E-state index is -0.373. The lowest BCUT2D eigenvalue weighted by Crippen LogP contribution is -2.43. The molecular formula is C14H21FN2O. The number of Topliss-reactive ketones (excluding diaryl/α,β-unsaturated/α-hetero) is 1. The Morgan fingerprint density at radius 1 is 1.17 bits per heavy atom. The van der Waals surface area contributed by atoms with Gasteiger partial charge in [0.1, 0.15) is 0 Å². The average Bonchev–Trinajstić information content (AvgIpc) is 2.28. The highest BCUT2D eigenvalue weighted by Crippen LogP contribution is 2.13. The fourth-order valence-electron chi connectivity index (χ4n) is 1.82. The van der Waals surface area contributed by atoms with Gasteiger partial charge in [-0.05, 0) is 33.0 Å². The van der Waals surface area contributed by atoms with Crippen molar-refractivity contribution in [1.82, 2.24) is 9.80 Å². The number of ketones is 1. The summed E-state index contributed by atoms with van der Waals surface area (Å²) in [5, 5.41) is 0. The average molecular weight is 252 g/mol. The Balaban J connectivity index is 2.76. The monoisotopic (exact) mass is 252 g/mol. The van der Waals surface area contributed by atoms with Gasteiger partial charge in [-0.3, -0.25) is 4.79 Å². The predicted molar refractivity (Wildman–Crippen MR) is 71.8 cm³/mol. The molecule has 0 N–H and O–H groups in total. The molecule has 1 aliphatic heterocycles. The van der Waals surface area contributed by atoms with Crippen molar-refractivity contribution in [3.63, 3.8) is 0 Å². The van der Waals surface area contributed by atoms with Gasteiger partial charge in [0.2, 0.25) is 0 Å². The molecule has 0 aliphatic carbocycles. The van der Waals surface area contributed by atoms with Crippen LogP contribution in [0, 0.1) is 0 Å². The molecule has 1 saturated heterocycles. The van der Waals surface area contributed by atoms with Crippen LogP contribution in [0.4, 0.5) is 4.39 Å². The summed E-state index contributed by atoms with van der Waals surface area (Å²) in [6.45, 7) is 10.4. The minimum absolute atomic E-state index is 0.151. The maximum Gasteiger partial charge on any atom is 0.159 e. The van der Waals surface area contributed by atoms with E-state index in [0.29, 0.717) is 5.57 Å². The van der Waals surface area contributed by atoms with Crippen LogP contribution in [0.5, 0.6) is 0 Å². The number of carbonyl (C=O) groups is 1. The first kappa shape index (κ1) is 14.6. The van der Waals surface area contributed by atoms with Crippen LogP contribution < -0.4 is 0 Å². The number of rotatable bonds is 4. The highest BCUT2D eigenvalue weighted by Gasteiger charge is 2.14. The van der Waals surface area contributed by atoms with Gasteiger partial charge >= 0.3 is 0 Å². The maximum absolute atomic E-state index is 12.9. The molecule has 0 bridgehead atoms. The Labute approximate surface area is 108 Å². The van der Waals surface area contributed by atoms with Crippen LogP contribution >= 0.6 is 0 Å². The third kappa shape index (κ3) is 4.45. The van der Waals surface area contributed by atoms with Crippen molar-refractivity contribution in [2.24, 2.45) is 0 Å². The lowest BCUT2D eigenvalue weighted by atomic mass is 10.1. The minimum Gasteiger partial charge on any atom is -0.369 e. The van der Waals surface area contributed by atoms with Gasteiger partial charge in [-0.15, -0.1) is 0 Å². The summed E-state index contributed by atoms with van der Waals surface area (Å²) in [6.07, 6.45) is 2.92. The third-order valence-corrected chi connectivity index (χ3v) is 2.99. The number of nitrogens with zero attached hydrogens (tertiary/aromatic N) is 2. The second-order valence-corrected chi connectivity index (χ2v) is 4.67. The Morgan fingerprint density at radius 2 is 1.72 bits per heavy atom. The predicted octanol–water partition coefficient (Wildman–Crippen LogP) is 2.14. The van der Waals surface area contributed by atoms with Crippen molar-refractivity contribution in [3.8, 4) is 0 Å². The Kier molecular flexibility index (Phi) is 5.28. The number of halogens is 1. The molecule has 4 heteroatoms. The van der Waals surface area contributed by atoms with Gasteiger partial charge < -0.3 is 9.80 Å². The highest BCUT2D eigenvalue weighted by molar-refractivity contribution is 5.96. The van der Waals surface area contributed by atoms with Crippen molar-refractivity contribution in [3.05, 3.63) is 35.8 Å². The largest absolute Gasteiger partial charge is 0.369 e. The lowest BCUT2D eigenvalue weighted by Gasteiger charge is -2.34. The first-order valence-electron chi connectivity index (χ1n) is 6.09. The standard InChI is InChI=1S/C14H21FN2O/c1-11(15)9-14(13(3)18)10-12(2)17-7-5-16(4)6-8-17/h9-10H,2,5-8H2,1,3-4H3/b11-9+,14-10+. The summed E-state index contributed by atoms with van der Waals surface area (Å²) in [5.41, 5.74) is 1.13. The fourth-order valence-corrected chi connectivity index (χ4v) is 1.82. The van der Waals surface area contributed by atoms with Gasteiger partial charge in [0.25, 0.3) is 0 Å². The molecule has 0 atom stereocenters. The van der Waals surface area contributed by atoms with Gasteiger partial charge in [0.15, 0.2) is 5.78 Å². The number of piperazine rings is 1. The second kappa shape index (κ2) is 6.50. The SMILES string of the molecule is C=C(/C=C(\C=C(/C)F)C(C)=O)N1CCN(C)CC1. The Bertz CT molecular complexity index is 387. The summed E-state index contributed by atoms with van der Waals surface area (Å²) in [4.78, 5) is 15.8. The van der Waals surface area contributed by atoms with E-state index in [1.807, 2.05) is 0 Å². The molecule has 0 aromatic rings. The Morgan fingerprint density at radius 3 is 2.17 bits per heavy atom. The van der Waals surface area contributed by atoms with Gasteiger partial charge in [-0.25, -0.2) is 4.39 Å². The van der Waals surface area contributed by atoms with E-state index in [2.05, 4.69) is 23.4 Å². The second-order valence-electron chi connectivity index (χ2n) is 4.67. The molecule has 0 aromatic carbocycles. The molecule has 0 amide bonds. The first-order chi connectivity index (χ1) is 8.40. The number of carbonyl (C=O) groups excluding carboxylic acids is 1. The van der Waals surface area contributed by atoms with Gasteiger partial charge in [0, 0.05) is 37.4 Å². The highest BCUT2D eigenvalue weighted by atomic mass is 19.1. The molecule has 0 radical (unpaired) electrons. The van der Waals surface area contributed by atoms with Crippen molar-refractivity contribution in [2.75, 3.05) is 33.2 Å². The third-order valence-electron chi connectivity index (χ3n) is 2.99. The molecule has 18 heavy (non-hydrogen) atoms. The van der Waals surface area contributed by atoms with E-state index in [1.165, 1.54) is 19.9 Å². The smallest absolute Gasteiger partial charge is 0.159 e. The van der Waals surface area contributed by atoms with Gasteiger partial charge in [-0.1, -0.05) is 6.58 Å². The van der Waals surface area contributed by atoms with Crippen LogP contribution in [0.25, 0.3) is 0 Å². The summed E-state index contributed by atoms with van der Waals surface area (Å²) < 4.78 is 12.9. The number of allylic oxidation sites excluding steroid dienone is 4. The molecule has 0 saturated carbocycles. The molecule has 0 aromatic heterocycles. The molecule has 100 valence electrons. The molecule has 1 heterocycles. The fraction of sp³-hybridized carbons (Fsp3) is 0.500.